The van der Waals surface area contributed by atoms with Crippen molar-refractivity contribution in [3.63, 3.8) is 0 Å². The molecule has 0 aliphatic carbocycles. The van der Waals surface area contributed by atoms with E-state index < -0.39 is 0 Å². The second-order valence-electron chi connectivity index (χ2n) is 4.43. The Morgan fingerprint density at radius 3 is 2.61 bits per heavy atom. The van der Waals surface area contributed by atoms with E-state index in [9.17, 15) is 9.59 Å². The van der Waals surface area contributed by atoms with Gasteiger partial charge < -0.3 is 14.8 Å². The largest absolute Gasteiger partial charge is 0.345 e. The summed E-state index contributed by atoms with van der Waals surface area (Å²) in [5.41, 5.74) is 0.538. The van der Waals surface area contributed by atoms with Gasteiger partial charge >= 0.3 is 0 Å². The Kier molecular flexibility index (Phi) is 4.06. The first-order valence-corrected chi connectivity index (χ1v) is 6.75. The van der Waals surface area contributed by atoms with Crippen molar-refractivity contribution in [2.24, 2.45) is 7.05 Å². The maximum Gasteiger partial charge on any atom is 0.268 e. The number of halogens is 1. The minimum absolute atomic E-state index is 0.00544. The topological polar surface area (TPSA) is 54.3 Å². The summed E-state index contributed by atoms with van der Waals surface area (Å²) in [6, 6.07) is 1.73. The van der Waals surface area contributed by atoms with Gasteiger partial charge in [0.25, 0.3) is 5.91 Å². The molecule has 0 bridgehead atoms. The standard InChI is InChI=1S/C12H16BrN3O2/c1-15-8-9(13)6-10(15)12(18)14-7-11(17)16-4-2-3-5-16/h6,8H,2-5,7H2,1H3,(H,14,18). The maximum atomic E-state index is 11.9. The zero-order valence-corrected chi connectivity index (χ0v) is 11.9. The van der Waals surface area contributed by atoms with E-state index in [4.69, 9.17) is 0 Å². The minimum Gasteiger partial charge on any atom is -0.345 e. The summed E-state index contributed by atoms with van der Waals surface area (Å²) >= 11 is 3.31. The average Bonchev–Trinajstić information content (AvgIpc) is 2.95. The van der Waals surface area contributed by atoms with E-state index in [0.717, 1.165) is 30.4 Å². The fraction of sp³-hybridized carbons (Fsp3) is 0.500. The lowest BCUT2D eigenvalue weighted by molar-refractivity contribution is -0.129. The number of carbonyl (C=O) groups excluding carboxylic acids is 2. The highest BCUT2D eigenvalue weighted by Crippen LogP contribution is 2.13. The number of hydrogen-bond donors (Lipinski definition) is 1. The van der Waals surface area contributed by atoms with E-state index in [1.54, 1.807) is 28.8 Å². The number of nitrogens with one attached hydrogen (secondary N) is 1. The van der Waals surface area contributed by atoms with Crippen molar-refractivity contribution in [1.29, 1.82) is 0 Å². The van der Waals surface area contributed by atoms with Crippen LogP contribution in [0.1, 0.15) is 23.3 Å². The zero-order valence-electron chi connectivity index (χ0n) is 10.3. The lowest BCUT2D eigenvalue weighted by atomic mass is 10.4. The third kappa shape index (κ3) is 2.93. The van der Waals surface area contributed by atoms with Crippen LogP contribution in [0.15, 0.2) is 16.7 Å². The molecule has 0 saturated carbocycles. The van der Waals surface area contributed by atoms with E-state index in [-0.39, 0.29) is 18.4 Å². The van der Waals surface area contributed by atoms with Gasteiger partial charge in [-0.25, -0.2) is 0 Å². The summed E-state index contributed by atoms with van der Waals surface area (Å²) in [6.07, 6.45) is 3.92. The van der Waals surface area contributed by atoms with Crippen molar-refractivity contribution in [3.8, 4) is 0 Å². The summed E-state index contributed by atoms with van der Waals surface area (Å²) in [6.45, 7) is 1.69. The van der Waals surface area contributed by atoms with Crippen LogP contribution in [-0.4, -0.2) is 40.9 Å². The Bertz CT molecular complexity index is 464. The van der Waals surface area contributed by atoms with E-state index in [2.05, 4.69) is 21.2 Å². The van der Waals surface area contributed by atoms with Crippen LogP contribution in [0.4, 0.5) is 0 Å². The van der Waals surface area contributed by atoms with Crippen molar-refractivity contribution in [2.45, 2.75) is 12.8 Å². The highest BCUT2D eigenvalue weighted by atomic mass is 79.9. The molecule has 6 heteroatoms. The van der Waals surface area contributed by atoms with Gasteiger partial charge in [0, 0.05) is 30.8 Å². The Morgan fingerprint density at radius 2 is 2.06 bits per heavy atom. The Hall–Kier alpha value is -1.30. The number of hydrogen-bond acceptors (Lipinski definition) is 2. The molecule has 0 spiro atoms. The average molecular weight is 314 g/mol. The number of amides is 2. The molecule has 5 nitrogen and oxygen atoms in total. The lowest BCUT2D eigenvalue weighted by Gasteiger charge is -2.15. The molecule has 2 amide bonds. The molecular weight excluding hydrogens is 298 g/mol. The van der Waals surface area contributed by atoms with Crippen molar-refractivity contribution < 1.29 is 9.59 Å². The van der Waals surface area contributed by atoms with Crippen molar-refractivity contribution in [3.05, 3.63) is 22.4 Å². The molecule has 18 heavy (non-hydrogen) atoms. The minimum atomic E-state index is -0.226. The van der Waals surface area contributed by atoms with Crippen molar-refractivity contribution >= 4 is 27.7 Å². The molecule has 1 aliphatic rings. The molecule has 1 aromatic rings. The quantitative estimate of drug-likeness (QED) is 0.910. The van der Waals surface area contributed by atoms with E-state index in [0.29, 0.717) is 5.69 Å². The van der Waals surface area contributed by atoms with Gasteiger partial charge in [0.1, 0.15) is 5.69 Å². The Labute approximate surface area is 114 Å². The molecule has 1 fully saturated rings. The highest BCUT2D eigenvalue weighted by Gasteiger charge is 2.19. The van der Waals surface area contributed by atoms with Gasteiger partial charge in [-0.15, -0.1) is 0 Å². The van der Waals surface area contributed by atoms with Gasteiger partial charge in [-0.3, -0.25) is 9.59 Å². The molecule has 0 unspecified atom stereocenters. The second-order valence-corrected chi connectivity index (χ2v) is 5.34. The Balaban J connectivity index is 1.88. The highest BCUT2D eigenvalue weighted by molar-refractivity contribution is 9.10. The fourth-order valence-electron chi connectivity index (χ4n) is 2.07. The molecule has 98 valence electrons. The van der Waals surface area contributed by atoms with Gasteiger partial charge in [-0.2, -0.15) is 0 Å². The summed E-state index contributed by atoms with van der Waals surface area (Å²) in [5, 5.41) is 2.66. The van der Waals surface area contributed by atoms with Crippen LogP contribution in [0, 0.1) is 0 Å². The summed E-state index contributed by atoms with van der Waals surface area (Å²) in [4.78, 5) is 25.4. The molecule has 1 N–H and O–H groups in total. The molecule has 2 rings (SSSR count). The third-order valence-corrected chi connectivity index (χ3v) is 3.50. The third-order valence-electron chi connectivity index (χ3n) is 3.06. The first-order valence-electron chi connectivity index (χ1n) is 5.96. The molecule has 1 saturated heterocycles. The molecule has 0 radical (unpaired) electrons. The van der Waals surface area contributed by atoms with Crippen LogP contribution in [0.5, 0.6) is 0 Å². The Morgan fingerprint density at radius 1 is 1.39 bits per heavy atom. The number of aromatic nitrogens is 1. The van der Waals surface area contributed by atoms with Crippen molar-refractivity contribution in [1.82, 2.24) is 14.8 Å². The monoisotopic (exact) mass is 313 g/mol. The first kappa shape index (κ1) is 13.1. The molecule has 1 aromatic heterocycles. The van der Waals surface area contributed by atoms with Crippen molar-refractivity contribution in [2.75, 3.05) is 19.6 Å². The molecule has 0 atom stereocenters. The van der Waals surface area contributed by atoms with Gasteiger partial charge in [0.2, 0.25) is 5.91 Å². The molecule has 2 heterocycles. The first-order chi connectivity index (χ1) is 8.58. The van der Waals surface area contributed by atoms with Crippen LogP contribution in [0.3, 0.4) is 0 Å². The molecular formula is C12H16BrN3O2. The SMILES string of the molecule is Cn1cc(Br)cc1C(=O)NCC(=O)N1CCCC1. The zero-order chi connectivity index (χ0) is 13.1. The smallest absolute Gasteiger partial charge is 0.268 e. The summed E-state index contributed by atoms with van der Waals surface area (Å²) < 4.78 is 2.57. The van der Waals surface area contributed by atoms with Crippen LogP contribution < -0.4 is 5.32 Å². The number of carbonyl (C=O) groups is 2. The number of rotatable bonds is 3. The molecule has 0 aromatic carbocycles. The van der Waals surface area contributed by atoms with Crippen LogP contribution >= 0.6 is 15.9 Å². The maximum absolute atomic E-state index is 11.9. The van der Waals surface area contributed by atoms with Crippen LogP contribution in [0.25, 0.3) is 0 Å². The summed E-state index contributed by atoms with van der Waals surface area (Å²) in [5.74, 6) is -0.232. The predicted molar refractivity (Wildman–Crippen MR) is 71.3 cm³/mol. The summed E-state index contributed by atoms with van der Waals surface area (Å²) in [7, 11) is 1.79. The predicted octanol–water partition coefficient (Wildman–Crippen LogP) is 1.14. The number of likely N-dealkylation sites (tertiary alicyclic amines) is 1. The van der Waals surface area contributed by atoms with E-state index in [1.807, 2.05) is 0 Å². The van der Waals surface area contributed by atoms with Gasteiger partial charge in [0.15, 0.2) is 0 Å². The molecule has 1 aliphatic heterocycles. The number of aryl methyl sites for hydroxylation is 1. The van der Waals surface area contributed by atoms with Gasteiger partial charge in [-0.05, 0) is 34.8 Å². The number of nitrogens with zero attached hydrogens (tertiary/aromatic N) is 2. The van der Waals surface area contributed by atoms with E-state index in [1.165, 1.54) is 0 Å². The van der Waals surface area contributed by atoms with Crippen LogP contribution in [-0.2, 0) is 11.8 Å². The van der Waals surface area contributed by atoms with Gasteiger partial charge in [0.05, 0.1) is 6.54 Å². The second kappa shape index (κ2) is 5.56. The van der Waals surface area contributed by atoms with Gasteiger partial charge in [-0.1, -0.05) is 0 Å². The van der Waals surface area contributed by atoms with Crippen LogP contribution in [0.2, 0.25) is 0 Å². The van der Waals surface area contributed by atoms with E-state index >= 15 is 0 Å². The fourth-order valence-corrected chi connectivity index (χ4v) is 2.60. The normalized spacial score (nSPS) is 14.9. The lowest BCUT2D eigenvalue weighted by Crippen LogP contribution is -2.39.